The second-order valence-electron chi connectivity index (χ2n) is 11.4. The molecule has 11 heteroatoms. The molecule has 1 amide bonds. The minimum absolute atomic E-state index is 0.110. The Labute approximate surface area is 226 Å². The van der Waals surface area contributed by atoms with Crippen molar-refractivity contribution < 1.29 is 18.3 Å². The van der Waals surface area contributed by atoms with E-state index >= 15 is 0 Å². The van der Waals surface area contributed by atoms with E-state index in [4.69, 9.17) is 22.1 Å². The third-order valence-electron chi connectivity index (χ3n) is 8.86. The molecule has 1 aliphatic heterocycles. The van der Waals surface area contributed by atoms with Crippen LogP contribution in [-0.2, 0) is 16.8 Å². The summed E-state index contributed by atoms with van der Waals surface area (Å²) in [5, 5.41) is 9.62. The fraction of sp³-hybridized carbons (Fsp3) is 0.630. The van der Waals surface area contributed by atoms with E-state index in [-0.39, 0.29) is 17.1 Å². The Bertz CT molecular complexity index is 1240. The van der Waals surface area contributed by atoms with Crippen LogP contribution in [-0.4, -0.2) is 69.4 Å². The van der Waals surface area contributed by atoms with E-state index in [0.29, 0.717) is 62.0 Å². The molecule has 4 saturated carbocycles. The van der Waals surface area contributed by atoms with Crippen LogP contribution in [0.2, 0.25) is 0 Å². The standard InChI is InChI=1S/C27H34F2N6O2S/c1-2-37-26(36)33-8-6-32(7-9-33)17-34-25(38)35(30-16-21-22(28)4-3-5-23(21)29)24(31-34)27-13-18-10-19(14-27)12-20(11-18)15-27/h3-5,16,18-20H,2,6-15,17H2,1H3/b30-16+. The van der Waals surface area contributed by atoms with E-state index in [1.165, 1.54) is 43.7 Å². The summed E-state index contributed by atoms with van der Waals surface area (Å²) in [4.78, 5) is 16.0. The molecule has 2 heterocycles. The fourth-order valence-corrected chi connectivity index (χ4v) is 7.77. The third-order valence-corrected chi connectivity index (χ3v) is 9.25. The predicted octanol–water partition coefficient (Wildman–Crippen LogP) is 4.77. The van der Waals surface area contributed by atoms with E-state index in [1.807, 2.05) is 0 Å². The molecule has 0 unspecified atom stereocenters. The maximum atomic E-state index is 14.4. The van der Waals surface area contributed by atoms with Crippen molar-refractivity contribution in [3.63, 3.8) is 0 Å². The lowest BCUT2D eigenvalue weighted by Crippen LogP contribution is -2.50. The number of rotatable bonds is 6. The summed E-state index contributed by atoms with van der Waals surface area (Å²) in [6.45, 7) is 5.10. The number of halogens is 2. The van der Waals surface area contributed by atoms with Crippen LogP contribution in [0.1, 0.15) is 56.8 Å². The lowest BCUT2D eigenvalue weighted by atomic mass is 9.49. The quantitative estimate of drug-likeness (QED) is 0.387. The Morgan fingerprint density at radius 3 is 2.29 bits per heavy atom. The van der Waals surface area contributed by atoms with Gasteiger partial charge in [-0.05, 0) is 87.6 Å². The molecule has 1 aromatic carbocycles. The maximum absolute atomic E-state index is 14.4. The molecule has 5 fully saturated rings. The molecule has 0 radical (unpaired) electrons. The fourth-order valence-electron chi connectivity index (χ4n) is 7.54. The number of piperazine rings is 1. The number of aromatic nitrogens is 3. The van der Waals surface area contributed by atoms with Crippen LogP contribution in [0.25, 0.3) is 0 Å². The number of amides is 1. The number of nitrogens with zero attached hydrogens (tertiary/aromatic N) is 6. The van der Waals surface area contributed by atoms with E-state index in [1.54, 1.807) is 21.2 Å². The zero-order chi connectivity index (χ0) is 26.4. The van der Waals surface area contributed by atoms with Crippen molar-refractivity contribution in [1.29, 1.82) is 0 Å². The Morgan fingerprint density at radius 2 is 1.71 bits per heavy atom. The molecule has 8 nitrogen and oxygen atoms in total. The van der Waals surface area contributed by atoms with E-state index in [0.717, 1.165) is 25.1 Å². The van der Waals surface area contributed by atoms with Crippen LogP contribution in [0.5, 0.6) is 0 Å². The molecule has 38 heavy (non-hydrogen) atoms. The van der Waals surface area contributed by atoms with Crippen molar-refractivity contribution in [1.82, 2.24) is 24.3 Å². The number of carbonyl (C=O) groups is 1. The summed E-state index contributed by atoms with van der Waals surface area (Å²) in [5.74, 6) is 1.57. The molecule has 2 aromatic rings. The Morgan fingerprint density at radius 1 is 1.11 bits per heavy atom. The highest BCUT2D eigenvalue weighted by atomic mass is 32.1. The first kappa shape index (κ1) is 25.6. The predicted molar refractivity (Wildman–Crippen MR) is 140 cm³/mol. The van der Waals surface area contributed by atoms with Gasteiger partial charge in [0.1, 0.15) is 11.6 Å². The molecule has 1 aromatic heterocycles. The van der Waals surface area contributed by atoms with Crippen LogP contribution in [0.15, 0.2) is 23.3 Å². The molecule has 204 valence electrons. The van der Waals surface area contributed by atoms with Crippen LogP contribution in [0.3, 0.4) is 0 Å². The SMILES string of the molecule is CCOC(=O)N1CCN(Cn2nc(C34CC5CC(CC(C5)C3)C4)n(/N=C/c3c(F)cccc3F)c2=S)CC1. The van der Waals surface area contributed by atoms with Crippen molar-refractivity contribution >= 4 is 24.5 Å². The van der Waals surface area contributed by atoms with E-state index in [2.05, 4.69) is 10.0 Å². The number of hydrogen-bond acceptors (Lipinski definition) is 6. The first-order valence-corrected chi connectivity index (χ1v) is 14.1. The summed E-state index contributed by atoms with van der Waals surface area (Å²) in [6, 6.07) is 3.79. The summed E-state index contributed by atoms with van der Waals surface area (Å²) >= 11 is 5.87. The second kappa shape index (κ2) is 10.1. The van der Waals surface area contributed by atoms with Gasteiger partial charge in [0, 0.05) is 31.6 Å². The third kappa shape index (κ3) is 4.68. The van der Waals surface area contributed by atoms with Crippen LogP contribution >= 0.6 is 12.2 Å². The highest BCUT2D eigenvalue weighted by Gasteiger charge is 2.54. The van der Waals surface area contributed by atoms with Crippen molar-refractivity contribution in [2.45, 2.75) is 57.5 Å². The van der Waals surface area contributed by atoms with Gasteiger partial charge < -0.3 is 9.64 Å². The molecule has 7 rings (SSSR count). The summed E-state index contributed by atoms with van der Waals surface area (Å²) in [7, 11) is 0. The topological polar surface area (TPSA) is 67.9 Å². The van der Waals surface area contributed by atoms with Gasteiger partial charge in [-0.1, -0.05) is 6.07 Å². The van der Waals surface area contributed by atoms with Gasteiger partial charge in [0.2, 0.25) is 4.77 Å². The van der Waals surface area contributed by atoms with Crippen molar-refractivity contribution in [3.8, 4) is 0 Å². The zero-order valence-corrected chi connectivity index (χ0v) is 22.5. The Hall–Kier alpha value is -2.66. The van der Waals surface area contributed by atoms with Crippen molar-refractivity contribution in [2.24, 2.45) is 22.9 Å². The molecule has 4 bridgehead atoms. The van der Waals surface area contributed by atoms with Gasteiger partial charge in [-0.25, -0.2) is 18.3 Å². The molecular formula is C27H34F2N6O2S. The first-order valence-electron chi connectivity index (χ1n) is 13.7. The van der Waals surface area contributed by atoms with Gasteiger partial charge in [-0.3, -0.25) is 4.90 Å². The van der Waals surface area contributed by atoms with Gasteiger partial charge in [0.25, 0.3) is 0 Å². The van der Waals surface area contributed by atoms with Gasteiger partial charge in [-0.15, -0.1) is 0 Å². The van der Waals surface area contributed by atoms with Crippen molar-refractivity contribution in [3.05, 3.63) is 46.0 Å². The minimum atomic E-state index is -0.663. The second-order valence-corrected chi connectivity index (χ2v) is 11.8. The molecule has 0 spiro atoms. The maximum Gasteiger partial charge on any atom is 0.409 e. The number of benzene rings is 1. The molecule has 0 atom stereocenters. The van der Waals surface area contributed by atoms with Crippen LogP contribution in [0.4, 0.5) is 13.6 Å². The number of ether oxygens (including phenoxy) is 1. The van der Waals surface area contributed by atoms with Gasteiger partial charge in [0.15, 0.2) is 5.82 Å². The normalized spacial score (nSPS) is 28.9. The molecule has 1 saturated heterocycles. The lowest BCUT2D eigenvalue weighted by molar-refractivity contribution is -0.0112. The smallest absolute Gasteiger partial charge is 0.409 e. The Kier molecular flexibility index (Phi) is 6.84. The van der Waals surface area contributed by atoms with Crippen LogP contribution in [0, 0.1) is 34.2 Å². The Balaban J connectivity index is 1.31. The molecule has 4 aliphatic carbocycles. The average molecular weight is 545 g/mol. The first-order chi connectivity index (χ1) is 18.3. The average Bonchev–Trinajstić information content (AvgIpc) is 3.19. The summed E-state index contributed by atoms with van der Waals surface area (Å²) in [6.07, 6.45) is 7.99. The summed E-state index contributed by atoms with van der Waals surface area (Å²) in [5.41, 5.74) is -0.296. The monoisotopic (exact) mass is 544 g/mol. The summed E-state index contributed by atoms with van der Waals surface area (Å²) < 4.78 is 37.8. The minimum Gasteiger partial charge on any atom is -0.450 e. The van der Waals surface area contributed by atoms with E-state index < -0.39 is 11.6 Å². The molecule has 0 N–H and O–H groups in total. The van der Waals surface area contributed by atoms with Gasteiger partial charge in [0.05, 0.1) is 25.1 Å². The van der Waals surface area contributed by atoms with Gasteiger partial charge in [-0.2, -0.15) is 14.9 Å². The lowest BCUT2D eigenvalue weighted by Gasteiger charge is -2.55. The van der Waals surface area contributed by atoms with Gasteiger partial charge >= 0.3 is 6.09 Å². The molecular weight excluding hydrogens is 510 g/mol. The number of carbonyl (C=O) groups excluding carboxylic acids is 1. The molecule has 5 aliphatic rings. The number of hydrogen-bond donors (Lipinski definition) is 0. The van der Waals surface area contributed by atoms with Crippen molar-refractivity contribution in [2.75, 3.05) is 32.8 Å². The largest absolute Gasteiger partial charge is 0.450 e. The highest BCUT2D eigenvalue weighted by molar-refractivity contribution is 7.71. The zero-order valence-electron chi connectivity index (χ0n) is 21.7. The van der Waals surface area contributed by atoms with Crippen LogP contribution < -0.4 is 0 Å². The highest BCUT2D eigenvalue weighted by Crippen LogP contribution is 2.60. The van der Waals surface area contributed by atoms with E-state index in [9.17, 15) is 13.6 Å².